The van der Waals surface area contributed by atoms with Gasteiger partial charge in [-0.15, -0.1) is 0 Å². The standard InChI is InChI=1S/C9H7BrClN3/c1-4-2-5-7(6(10)3-4)13-9(11)14-8(5)12/h2-3H,1H3,(H2,12,13,14). The van der Waals surface area contributed by atoms with Crippen LogP contribution in [0.15, 0.2) is 16.6 Å². The maximum atomic E-state index is 5.74. The average molecular weight is 273 g/mol. The maximum absolute atomic E-state index is 5.74. The molecule has 5 heteroatoms. The molecule has 0 spiro atoms. The largest absolute Gasteiger partial charge is 0.383 e. The van der Waals surface area contributed by atoms with Gasteiger partial charge in [-0.05, 0) is 52.2 Å². The van der Waals surface area contributed by atoms with Crippen LogP contribution in [0.1, 0.15) is 5.56 Å². The fourth-order valence-corrected chi connectivity index (χ4v) is 2.16. The predicted octanol–water partition coefficient (Wildman–Crippen LogP) is 2.94. The van der Waals surface area contributed by atoms with E-state index < -0.39 is 0 Å². The summed E-state index contributed by atoms with van der Waals surface area (Å²) in [6.45, 7) is 1.98. The van der Waals surface area contributed by atoms with Crippen molar-refractivity contribution in [3.05, 3.63) is 27.5 Å². The summed E-state index contributed by atoms with van der Waals surface area (Å²) in [6.07, 6.45) is 0. The van der Waals surface area contributed by atoms with Crippen LogP contribution < -0.4 is 5.73 Å². The number of fused-ring (bicyclic) bond motifs is 1. The highest BCUT2D eigenvalue weighted by Crippen LogP contribution is 2.27. The highest BCUT2D eigenvalue weighted by Gasteiger charge is 2.07. The number of halogens is 2. The van der Waals surface area contributed by atoms with E-state index in [0.717, 1.165) is 20.9 Å². The second-order valence-electron chi connectivity index (χ2n) is 3.02. The zero-order chi connectivity index (χ0) is 10.3. The van der Waals surface area contributed by atoms with Gasteiger partial charge >= 0.3 is 0 Å². The summed E-state index contributed by atoms with van der Waals surface area (Å²) in [7, 11) is 0. The number of benzene rings is 1. The van der Waals surface area contributed by atoms with Crippen LogP contribution in [0.4, 0.5) is 5.82 Å². The highest BCUT2D eigenvalue weighted by molar-refractivity contribution is 9.10. The summed E-state index contributed by atoms with van der Waals surface area (Å²) in [6, 6.07) is 3.90. The molecule has 0 aliphatic rings. The highest BCUT2D eigenvalue weighted by atomic mass is 79.9. The molecule has 3 nitrogen and oxygen atoms in total. The van der Waals surface area contributed by atoms with Gasteiger partial charge in [0, 0.05) is 9.86 Å². The first-order chi connectivity index (χ1) is 6.58. The van der Waals surface area contributed by atoms with Crippen LogP contribution in [-0.4, -0.2) is 9.97 Å². The van der Waals surface area contributed by atoms with Gasteiger partial charge in [0.2, 0.25) is 5.28 Å². The molecule has 0 aliphatic carbocycles. The number of anilines is 1. The topological polar surface area (TPSA) is 51.8 Å². The predicted molar refractivity (Wildman–Crippen MR) is 61.4 cm³/mol. The van der Waals surface area contributed by atoms with Crippen molar-refractivity contribution in [3.8, 4) is 0 Å². The van der Waals surface area contributed by atoms with E-state index in [1.54, 1.807) is 0 Å². The molecule has 1 heterocycles. The molecule has 0 radical (unpaired) electrons. The van der Waals surface area contributed by atoms with E-state index in [-0.39, 0.29) is 5.28 Å². The summed E-state index contributed by atoms with van der Waals surface area (Å²) in [5, 5.41) is 0.987. The molecule has 0 saturated carbocycles. The van der Waals surface area contributed by atoms with Gasteiger partial charge in [0.15, 0.2) is 0 Å². The first kappa shape index (κ1) is 9.68. The molecule has 0 bridgehead atoms. The summed E-state index contributed by atoms with van der Waals surface area (Å²) < 4.78 is 0.878. The van der Waals surface area contributed by atoms with Crippen molar-refractivity contribution in [2.75, 3.05) is 5.73 Å². The minimum absolute atomic E-state index is 0.166. The van der Waals surface area contributed by atoms with E-state index in [9.17, 15) is 0 Å². The molecule has 2 N–H and O–H groups in total. The monoisotopic (exact) mass is 271 g/mol. The van der Waals surface area contributed by atoms with E-state index in [1.165, 1.54) is 0 Å². The second kappa shape index (κ2) is 3.37. The Balaban J connectivity index is 2.94. The van der Waals surface area contributed by atoms with Gasteiger partial charge in [-0.1, -0.05) is 0 Å². The quantitative estimate of drug-likeness (QED) is 0.750. The SMILES string of the molecule is Cc1cc(Br)c2nc(Cl)nc(N)c2c1. The lowest BCUT2D eigenvalue weighted by Crippen LogP contribution is -1.95. The van der Waals surface area contributed by atoms with Crippen molar-refractivity contribution in [1.82, 2.24) is 9.97 Å². The number of nitrogens with two attached hydrogens (primary N) is 1. The molecular weight excluding hydrogens is 265 g/mol. The Labute approximate surface area is 94.4 Å². The van der Waals surface area contributed by atoms with Gasteiger partial charge in [-0.25, -0.2) is 9.97 Å². The molecule has 0 amide bonds. The molecule has 1 aromatic heterocycles. The first-order valence-electron chi connectivity index (χ1n) is 3.97. The smallest absolute Gasteiger partial charge is 0.224 e. The molecule has 1 aromatic carbocycles. The van der Waals surface area contributed by atoms with Gasteiger partial charge in [0.25, 0.3) is 0 Å². The lowest BCUT2D eigenvalue weighted by molar-refractivity contribution is 1.22. The zero-order valence-electron chi connectivity index (χ0n) is 7.38. The summed E-state index contributed by atoms with van der Waals surface area (Å²) in [5.41, 5.74) is 7.58. The summed E-state index contributed by atoms with van der Waals surface area (Å²) >= 11 is 9.12. The Morgan fingerprint density at radius 3 is 2.79 bits per heavy atom. The van der Waals surface area contributed by atoms with E-state index in [0.29, 0.717) is 5.82 Å². The van der Waals surface area contributed by atoms with E-state index in [4.69, 9.17) is 17.3 Å². The van der Waals surface area contributed by atoms with Crippen LogP contribution in [0.5, 0.6) is 0 Å². The van der Waals surface area contributed by atoms with Gasteiger partial charge < -0.3 is 5.73 Å². The molecule has 2 rings (SSSR count). The van der Waals surface area contributed by atoms with Gasteiger partial charge in [0.05, 0.1) is 5.52 Å². The molecule has 14 heavy (non-hydrogen) atoms. The van der Waals surface area contributed by atoms with E-state index >= 15 is 0 Å². The number of aryl methyl sites for hydroxylation is 1. The fourth-order valence-electron chi connectivity index (χ4n) is 1.32. The van der Waals surface area contributed by atoms with Crippen LogP contribution in [0.2, 0.25) is 5.28 Å². The number of hydrogen-bond acceptors (Lipinski definition) is 3. The van der Waals surface area contributed by atoms with Crippen LogP contribution in [0.25, 0.3) is 10.9 Å². The molecule has 2 aromatic rings. The number of rotatable bonds is 0. The van der Waals surface area contributed by atoms with Gasteiger partial charge in [-0.2, -0.15) is 0 Å². The Morgan fingerprint density at radius 1 is 1.36 bits per heavy atom. The molecule has 0 aliphatic heterocycles. The Bertz CT molecular complexity index is 466. The molecule has 72 valence electrons. The molecule has 0 saturated heterocycles. The van der Waals surface area contributed by atoms with Crippen LogP contribution in [0.3, 0.4) is 0 Å². The minimum Gasteiger partial charge on any atom is -0.383 e. The summed E-state index contributed by atoms with van der Waals surface area (Å²) in [5.74, 6) is 0.407. The number of nitrogens with zero attached hydrogens (tertiary/aromatic N) is 2. The lowest BCUT2D eigenvalue weighted by atomic mass is 10.1. The van der Waals surface area contributed by atoms with Gasteiger partial charge in [-0.3, -0.25) is 0 Å². The average Bonchev–Trinajstić information content (AvgIpc) is 2.07. The van der Waals surface area contributed by atoms with Crippen LogP contribution in [-0.2, 0) is 0 Å². The van der Waals surface area contributed by atoms with Crippen LogP contribution in [0, 0.1) is 6.92 Å². The fraction of sp³-hybridized carbons (Fsp3) is 0.111. The second-order valence-corrected chi connectivity index (χ2v) is 4.21. The van der Waals surface area contributed by atoms with E-state index in [1.807, 2.05) is 19.1 Å². The number of nitrogen functional groups attached to an aromatic ring is 1. The normalized spacial score (nSPS) is 10.8. The number of hydrogen-bond donors (Lipinski definition) is 1. The number of aromatic nitrogens is 2. The zero-order valence-corrected chi connectivity index (χ0v) is 9.72. The van der Waals surface area contributed by atoms with Crippen molar-refractivity contribution < 1.29 is 0 Å². The minimum atomic E-state index is 0.166. The molecule has 0 atom stereocenters. The van der Waals surface area contributed by atoms with Crippen molar-refractivity contribution in [2.45, 2.75) is 6.92 Å². The molecular formula is C9H7BrClN3. The summed E-state index contributed by atoms with van der Waals surface area (Å²) in [4.78, 5) is 8.00. The van der Waals surface area contributed by atoms with Crippen molar-refractivity contribution in [3.63, 3.8) is 0 Å². The van der Waals surface area contributed by atoms with Gasteiger partial charge in [0.1, 0.15) is 5.82 Å². The van der Waals surface area contributed by atoms with Crippen molar-refractivity contribution >= 4 is 44.3 Å². The maximum Gasteiger partial charge on any atom is 0.224 e. The Hall–Kier alpha value is -0.870. The van der Waals surface area contributed by atoms with Crippen molar-refractivity contribution in [2.24, 2.45) is 0 Å². The third-order valence-electron chi connectivity index (χ3n) is 1.90. The lowest BCUT2D eigenvalue weighted by Gasteiger charge is -2.04. The molecule has 0 unspecified atom stereocenters. The first-order valence-corrected chi connectivity index (χ1v) is 5.14. The Kier molecular flexibility index (Phi) is 2.33. The third kappa shape index (κ3) is 1.55. The van der Waals surface area contributed by atoms with Crippen molar-refractivity contribution in [1.29, 1.82) is 0 Å². The van der Waals surface area contributed by atoms with E-state index in [2.05, 4.69) is 25.9 Å². The van der Waals surface area contributed by atoms with Crippen LogP contribution >= 0.6 is 27.5 Å². The third-order valence-corrected chi connectivity index (χ3v) is 2.67. The molecule has 0 fully saturated rings. The Morgan fingerprint density at radius 2 is 2.07 bits per heavy atom.